The molecule has 0 aromatic heterocycles. The van der Waals surface area contributed by atoms with E-state index < -0.39 is 27.6 Å². The van der Waals surface area contributed by atoms with Crippen LogP contribution in [0.4, 0.5) is 0 Å². The zero-order valence-electron chi connectivity index (χ0n) is 10.9. The molecular weight excluding hydrogens is 282 g/mol. The van der Waals surface area contributed by atoms with E-state index in [0.29, 0.717) is 12.8 Å². The van der Waals surface area contributed by atoms with Gasteiger partial charge in [0.1, 0.15) is 0 Å². The number of hydrogen-bond acceptors (Lipinski definition) is 4. The standard InChI is InChI=1S/C13H17NO5S/c15-12(14-9-3-4-20(18,19)6-9)10-7-1-2-8(5-7)11(10)13(16)17/h1-2,7-11H,3-6H2,(H,14,15)(H,16,17)/t7?,8?,9?,10-,11+/m0/s1. The highest BCUT2D eigenvalue weighted by Crippen LogP contribution is 2.48. The maximum absolute atomic E-state index is 12.3. The van der Waals surface area contributed by atoms with Crippen molar-refractivity contribution in [2.24, 2.45) is 23.7 Å². The Morgan fingerprint density at radius 2 is 1.80 bits per heavy atom. The van der Waals surface area contributed by atoms with E-state index in [9.17, 15) is 23.1 Å². The van der Waals surface area contributed by atoms with Crippen LogP contribution < -0.4 is 5.32 Å². The van der Waals surface area contributed by atoms with E-state index in [2.05, 4.69) is 5.32 Å². The predicted molar refractivity (Wildman–Crippen MR) is 70.6 cm³/mol. The van der Waals surface area contributed by atoms with Gasteiger partial charge in [-0.1, -0.05) is 12.2 Å². The number of hydrogen-bond donors (Lipinski definition) is 2. The maximum Gasteiger partial charge on any atom is 0.307 e. The van der Waals surface area contributed by atoms with Crippen LogP contribution in [0.15, 0.2) is 12.2 Å². The molecule has 2 aliphatic carbocycles. The van der Waals surface area contributed by atoms with Crippen molar-refractivity contribution < 1.29 is 23.1 Å². The highest BCUT2D eigenvalue weighted by molar-refractivity contribution is 7.91. The highest BCUT2D eigenvalue weighted by atomic mass is 32.2. The van der Waals surface area contributed by atoms with Gasteiger partial charge in [-0.15, -0.1) is 0 Å². The summed E-state index contributed by atoms with van der Waals surface area (Å²) in [6, 6.07) is -0.370. The van der Waals surface area contributed by atoms with E-state index in [-0.39, 0.29) is 35.3 Å². The van der Waals surface area contributed by atoms with Crippen molar-refractivity contribution in [3.63, 3.8) is 0 Å². The molecule has 3 rings (SSSR count). The molecule has 1 saturated heterocycles. The third-order valence-corrected chi connectivity index (χ3v) is 6.39. The number of carbonyl (C=O) groups excluding carboxylic acids is 1. The Morgan fingerprint density at radius 3 is 2.35 bits per heavy atom. The SMILES string of the molecule is O=C(O)[C@@H]1C2C=CC(C2)[C@@H]1C(=O)NC1CCS(=O)(=O)C1. The van der Waals surface area contributed by atoms with E-state index in [1.807, 2.05) is 12.2 Å². The number of carbonyl (C=O) groups is 2. The van der Waals surface area contributed by atoms with Crippen molar-refractivity contribution in [1.82, 2.24) is 5.32 Å². The average molecular weight is 299 g/mol. The zero-order chi connectivity index (χ0) is 14.5. The third-order valence-electron chi connectivity index (χ3n) is 4.63. The topological polar surface area (TPSA) is 101 Å². The molecule has 3 aliphatic rings. The lowest BCUT2D eigenvalue weighted by Gasteiger charge is -2.25. The van der Waals surface area contributed by atoms with E-state index in [4.69, 9.17) is 0 Å². The van der Waals surface area contributed by atoms with Crippen LogP contribution in [-0.2, 0) is 19.4 Å². The van der Waals surface area contributed by atoms with Crippen LogP contribution in [0.1, 0.15) is 12.8 Å². The molecule has 2 bridgehead atoms. The lowest BCUT2D eigenvalue weighted by molar-refractivity contribution is -0.147. The fourth-order valence-electron chi connectivity index (χ4n) is 3.72. The van der Waals surface area contributed by atoms with Crippen LogP contribution in [0.5, 0.6) is 0 Å². The zero-order valence-corrected chi connectivity index (χ0v) is 11.7. The van der Waals surface area contributed by atoms with Gasteiger partial charge in [-0.3, -0.25) is 9.59 Å². The van der Waals surface area contributed by atoms with Crippen molar-refractivity contribution in [3.8, 4) is 0 Å². The van der Waals surface area contributed by atoms with Crippen molar-refractivity contribution in [2.45, 2.75) is 18.9 Å². The molecule has 1 saturated carbocycles. The molecule has 6 nitrogen and oxygen atoms in total. The second-order valence-corrected chi connectivity index (χ2v) is 8.18. The summed E-state index contributed by atoms with van der Waals surface area (Å²) in [5, 5.41) is 12.0. The Labute approximate surface area is 117 Å². The smallest absolute Gasteiger partial charge is 0.307 e. The maximum atomic E-state index is 12.3. The minimum absolute atomic E-state index is 0.0286. The van der Waals surface area contributed by atoms with Crippen LogP contribution in [-0.4, -0.2) is 42.9 Å². The van der Waals surface area contributed by atoms with Crippen LogP contribution in [0.3, 0.4) is 0 Å². The van der Waals surface area contributed by atoms with Crippen molar-refractivity contribution in [3.05, 3.63) is 12.2 Å². The van der Waals surface area contributed by atoms with E-state index >= 15 is 0 Å². The second kappa shape index (κ2) is 4.58. The lowest BCUT2D eigenvalue weighted by Crippen LogP contribution is -2.44. The van der Waals surface area contributed by atoms with Crippen LogP contribution in [0, 0.1) is 23.7 Å². The summed E-state index contributed by atoms with van der Waals surface area (Å²) in [7, 11) is -3.05. The van der Waals surface area contributed by atoms with Gasteiger partial charge in [-0.25, -0.2) is 8.42 Å². The fraction of sp³-hybridized carbons (Fsp3) is 0.692. The van der Waals surface area contributed by atoms with Crippen LogP contribution in [0.25, 0.3) is 0 Å². The van der Waals surface area contributed by atoms with Crippen LogP contribution in [0.2, 0.25) is 0 Å². The summed E-state index contributed by atoms with van der Waals surface area (Å²) in [4.78, 5) is 23.7. The first kappa shape index (κ1) is 13.6. The number of amides is 1. The van der Waals surface area contributed by atoms with Gasteiger partial charge in [0.25, 0.3) is 0 Å². The summed E-state index contributed by atoms with van der Waals surface area (Å²) in [5.74, 6) is -2.53. The lowest BCUT2D eigenvalue weighted by atomic mass is 9.82. The molecular formula is C13H17NO5S. The molecule has 20 heavy (non-hydrogen) atoms. The Balaban J connectivity index is 1.71. The molecule has 0 aromatic carbocycles. The molecule has 0 aromatic rings. The minimum atomic E-state index is -3.05. The van der Waals surface area contributed by atoms with Gasteiger partial charge in [0.05, 0.1) is 23.3 Å². The van der Waals surface area contributed by atoms with Gasteiger partial charge in [-0.2, -0.15) is 0 Å². The molecule has 0 spiro atoms. The number of nitrogens with one attached hydrogen (secondary N) is 1. The molecule has 0 radical (unpaired) electrons. The van der Waals surface area contributed by atoms with Gasteiger partial charge < -0.3 is 10.4 Å². The molecule has 1 heterocycles. The molecule has 2 N–H and O–H groups in total. The molecule has 1 amide bonds. The number of carboxylic acids is 1. The number of allylic oxidation sites excluding steroid dienone is 2. The molecule has 3 unspecified atom stereocenters. The van der Waals surface area contributed by atoms with E-state index in [1.165, 1.54) is 0 Å². The first-order valence-electron chi connectivity index (χ1n) is 6.79. The quantitative estimate of drug-likeness (QED) is 0.704. The Morgan fingerprint density at radius 1 is 1.15 bits per heavy atom. The molecule has 1 aliphatic heterocycles. The summed E-state index contributed by atoms with van der Waals surface area (Å²) in [6.07, 6.45) is 4.92. The van der Waals surface area contributed by atoms with Gasteiger partial charge in [0.15, 0.2) is 9.84 Å². The molecule has 7 heteroatoms. The fourth-order valence-corrected chi connectivity index (χ4v) is 5.40. The number of rotatable bonds is 3. The summed E-state index contributed by atoms with van der Waals surface area (Å²) in [5.41, 5.74) is 0. The van der Waals surface area contributed by atoms with E-state index in [0.717, 1.165) is 0 Å². The summed E-state index contributed by atoms with van der Waals surface area (Å²) in [6.45, 7) is 0. The Kier molecular flexibility index (Phi) is 3.12. The normalized spacial score (nSPS) is 40.9. The summed E-state index contributed by atoms with van der Waals surface area (Å²) >= 11 is 0. The molecule has 110 valence electrons. The van der Waals surface area contributed by atoms with Gasteiger partial charge >= 0.3 is 5.97 Å². The number of carboxylic acid groups (broad SMARTS) is 1. The Bertz CT molecular complexity index is 582. The highest BCUT2D eigenvalue weighted by Gasteiger charge is 2.52. The molecule has 2 fully saturated rings. The largest absolute Gasteiger partial charge is 0.481 e. The van der Waals surface area contributed by atoms with Crippen LogP contribution >= 0.6 is 0 Å². The predicted octanol–water partition coefficient (Wildman–Crippen LogP) is -0.187. The number of sulfone groups is 1. The third kappa shape index (κ3) is 2.24. The molecule has 5 atom stereocenters. The van der Waals surface area contributed by atoms with Crippen molar-refractivity contribution in [2.75, 3.05) is 11.5 Å². The first-order chi connectivity index (χ1) is 9.37. The van der Waals surface area contributed by atoms with E-state index in [1.54, 1.807) is 0 Å². The Hall–Kier alpha value is -1.37. The number of fused-ring (bicyclic) bond motifs is 2. The van der Waals surface area contributed by atoms with Gasteiger partial charge in [0, 0.05) is 6.04 Å². The van der Waals surface area contributed by atoms with Crippen molar-refractivity contribution in [1.29, 1.82) is 0 Å². The van der Waals surface area contributed by atoms with Gasteiger partial charge in [0.2, 0.25) is 5.91 Å². The van der Waals surface area contributed by atoms with Crippen molar-refractivity contribution >= 4 is 21.7 Å². The minimum Gasteiger partial charge on any atom is -0.481 e. The summed E-state index contributed by atoms with van der Waals surface area (Å²) < 4.78 is 22.8. The monoisotopic (exact) mass is 299 g/mol. The first-order valence-corrected chi connectivity index (χ1v) is 8.61. The van der Waals surface area contributed by atoms with Gasteiger partial charge in [-0.05, 0) is 24.7 Å². The second-order valence-electron chi connectivity index (χ2n) is 5.95. The average Bonchev–Trinajstić information content (AvgIpc) is 3.02. The number of aliphatic carboxylic acids is 1.